The van der Waals surface area contributed by atoms with Crippen LogP contribution in [-0.4, -0.2) is 0 Å². The topological polar surface area (TPSA) is 9.23 Å². The van der Waals surface area contributed by atoms with Crippen molar-refractivity contribution in [1.29, 1.82) is 0 Å². The molecule has 0 heterocycles. The molecule has 1 radical (unpaired) electrons. The van der Waals surface area contributed by atoms with E-state index in [9.17, 15) is 4.39 Å². The average molecular weight is 257 g/mol. The summed E-state index contributed by atoms with van der Waals surface area (Å²) >= 11 is 0. The van der Waals surface area contributed by atoms with Crippen LogP contribution in [0.1, 0.15) is 29.2 Å². The van der Waals surface area contributed by atoms with Crippen LogP contribution in [0.3, 0.4) is 0 Å². The Hall–Kier alpha value is -1.83. The summed E-state index contributed by atoms with van der Waals surface area (Å²) in [6.07, 6.45) is 0.980. The quantitative estimate of drug-likeness (QED) is 0.778. The van der Waals surface area contributed by atoms with Crippen molar-refractivity contribution >= 4 is 0 Å². The fourth-order valence-electron chi connectivity index (χ4n) is 1.97. The molecule has 0 aliphatic carbocycles. The van der Waals surface area contributed by atoms with Crippen LogP contribution in [-0.2, 0) is 6.42 Å². The maximum absolute atomic E-state index is 13.2. The molecule has 2 aromatic rings. The van der Waals surface area contributed by atoms with E-state index >= 15 is 0 Å². The van der Waals surface area contributed by atoms with Gasteiger partial charge in [-0.25, -0.2) is 4.39 Å². The van der Waals surface area contributed by atoms with Gasteiger partial charge in [0.2, 0.25) is 0 Å². The fourth-order valence-corrected chi connectivity index (χ4v) is 1.97. The number of rotatable bonds is 4. The van der Waals surface area contributed by atoms with Gasteiger partial charge >= 0.3 is 0 Å². The molecule has 0 fully saturated rings. The first-order valence-electron chi connectivity index (χ1n) is 6.45. The molecular weight excluding hydrogens is 239 g/mol. The molecule has 19 heavy (non-hydrogen) atoms. The van der Waals surface area contributed by atoms with Crippen molar-refractivity contribution in [3.8, 4) is 5.75 Å². The minimum Gasteiger partial charge on any atom is -0.481 e. The molecule has 99 valence electrons. The highest BCUT2D eigenvalue weighted by molar-refractivity contribution is 5.35. The molecule has 0 bridgehead atoms. The first-order valence-corrected chi connectivity index (χ1v) is 6.45. The van der Waals surface area contributed by atoms with Gasteiger partial charge in [-0.05, 0) is 66.8 Å². The number of benzene rings is 2. The first kappa shape index (κ1) is 13.6. The van der Waals surface area contributed by atoms with E-state index in [4.69, 9.17) is 4.74 Å². The molecule has 0 aromatic heterocycles. The van der Waals surface area contributed by atoms with Gasteiger partial charge in [-0.2, -0.15) is 0 Å². The van der Waals surface area contributed by atoms with Gasteiger partial charge in [0, 0.05) is 0 Å². The summed E-state index contributed by atoms with van der Waals surface area (Å²) in [6, 6.07) is 11.1. The molecule has 2 aromatic carbocycles. The predicted molar refractivity (Wildman–Crippen MR) is 75.7 cm³/mol. The molecule has 0 amide bonds. The molecule has 0 saturated carbocycles. The lowest BCUT2D eigenvalue weighted by atomic mass is 10.1. The molecule has 0 unspecified atom stereocenters. The van der Waals surface area contributed by atoms with E-state index in [-0.39, 0.29) is 5.82 Å². The SMILES string of the molecule is CCc1cc(C)cc(O[CH]c2ccc(F)c(C)c2)c1. The lowest BCUT2D eigenvalue weighted by Gasteiger charge is -2.09. The summed E-state index contributed by atoms with van der Waals surface area (Å²) in [5.74, 6) is 0.625. The number of hydrogen-bond acceptors (Lipinski definition) is 1. The van der Waals surface area contributed by atoms with Crippen LogP contribution in [0.2, 0.25) is 0 Å². The summed E-state index contributed by atoms with van der Waals surface area (Å²) in [6.45, 7) is 7.56. The molecular formula is C17H18FO. The molecule has 0 spiro atoms. The zero-order chi connectivity index (χ0) is 13.8. The lowest BCUT2D eigenvalue weighted by molar-refractivity contribution is 0.427. The van der Waals surface area contributed by atoms with Crippen LogP contribution in [0.4, 0.5) is 4.39 Å². The Kier molecular flexibility index (Phi) is 4.20. The summed E-state index contributed by atoms with van der Waals surface area (Å²) in [7, 11) is 0. The summed E-state index contributed by atoms with van der Waals surface area (Å²) in [4.78, 5) is 0. The first-order chi connectivity index (χ1) is 9.08. The van der Waals surface area contributed by atoms with Crippen molar-refractivity contribution in [2.24, 2.45) is 0 Å². The molecule has 1 nitrogen and oxygen atoms in total. The van der Waals surface area contributed by atoms with Crippen molar-refractivity contribution in [2.75, 3.05) is 0 Å². The standard InChI is InChI=1S/C17H18FO/c1-4-14-7-12(2)8-16(10-14)19-11-15-5-6-17(18)13(3)9-15/h5-11H,4H2,1-3H3. The zero-order valence-corrected chi connectivity index (χ0v) is 11.5. The molecule has 0 saturated heterocycles. The number of hydrogen-bond donors (Lipinski definition) is 0. The smallest absolute Gasteiger partial charge is 0.165 e. The zero-order valence-electron chi connectivity index (χ0n) is 11.5. The highest BCUT2D eigenvalue weighted by Crippen LogP contribution is 2.20. The Balaban J connectivity index is 2.09. The Bertz CT molecular complexity index is 575. The predicted octanol–water partition coefficient (Wildman–Crippen LogP) is 4.59. The second-order valence-corrected chi connectivity index (χ2v) is 4.75. The third-order valence-corrected chi connectivity index (χ3v) is 3.03. The van der Waals surface area contributed by atoms with Gasteiger partial charge < -0.3 is 4.74 Å². The highest BCUT2D eigenvalue weighted by atomic mass is 19.1. The fraction of sp³-hybridized carbons (Fsp3) is 0.235. The lowest BCUT2D eigenvalue weighted by Crippen LogP contribution is -1.95. The number of ether oxygens (including phenoxy) is 1. The van der Waals surface area contributed by atoms with E-state index in [1.165, 1.54) is 17.2 Å². The van der Waals surface area contributed by atoms with Crippen molar-refractivity contribution < 1.29 is 9.13 Å². The van der Waals surface area contributed by atoms with E-state index < -0.39 is 0 Å². The molecule has 2 rings (SSSR count). The van der Waals surface area contributed by atoms with Gasteiger partial charge in [0.1, 0.15) is 11.6 Å². The van der Waals surface area contributed by atoms with Crippen LogP contribution in [0.15, 0.2) is 36.4 Å². The summed E-state index contributed by atoms with van der Waals surface area (Å²) < 4.78 is 18.8. The van der Waals surface area contributed by atoms with Crippen molar-refractivity contribution in [2.45, 2.75) is 27.2 Å². The third kappa shape index (κ3) is 3.57. The van der Waals surface area contributed by atoms with Gasteiger partial charge in [0.05, 0.1) is 0 Å². The van der Waals surface area contributed by atoms with E-state index in [2.05, 4.69) is 13.0 Å². The van der Waals surface area contributed by atoms with Gasteiger partial charge in [-0.15, -0.1) is 0 Å². The monoisotopic (exact) mass is 257 g/mol. The molecule has 0 aliphatic heterocycles. The second-order valence-electron chi connectivity index (χ2n) is 4.75. The Morgan fingerprint density at radius 3 is 2.58 bits per heavy atom. The van der Waals surface area contributed by atoms with E-state index in [1.807, 2.05) is 19.1 Å². The van der Waals surface area contributed by atoms with Crippen molar-refractivity contribution in [3.05, 3.63) is 71.1 Å². The summed E-state index contributed by atoms with van der Waals surface area (Å²) in [5.41, 5.74) is 3.91. The Labute approximate surface area is 114 Å². The number of halogens is 1. The van der Waals surface area contributed by atoms with Crippen molar-refractivity contribution in [1.82, 2.24) is 0 Å². The number of aryl methyl sites for hydroxylation is 3. The van der Waals surface area contributed by atoms with Crippen molar-refractivity contribution in [3.63, 3.8) is 0 Å². The third-order valence-electron chi connectivity index (χ3n) is 3.03. The van der Waals surface area contributed by atoms with E-state index in [0.29, 0.717) is 5.56 Å². The maximum atomic E-state index is 13.2. The summed E-state index contributed by atoms with van der Waals surface area (Å²) in [5, 5.41) is 0. The molecule has 2 heteroatoms. The highest BCUT2D eigenvalue weighted by Gasteiger charge is 2.03. The van der Waals surface area contributed by atoms with Crippen LogP contribution < -0.4 is 4.74 Å². The van der Waals surface area contributed by atoms with Gasteiger partial charge in [-0.1, -0.05) is 19.1 Å². The van der Waals surface area contributed by atoms with Crippen LogP contribution in [0.5, 0.6) is 5.75 Å². The van der Waals surface area contributed by atoms with E-state index in [1.54, 1.807) is 25.7 Å². The van der Waals surface area contributed by atoms with E-state index in [0.717, 1.165) is 17.7 Å². The van der Waals surface area contributed by atoms with Crippen LogP contribution in [0, 0.1) is 26.3 Å². The Morgan fingerprint density at radius 2 is 1.89 bits per heavy atom. The van der Waals surface area contributed by atoms with Crippen LogP contribution >= 0.6 is 0 Å². The maximum Gasteiger partial charge on any atom is 0.165 e. The molecule has 0 aliphatic rings. The van der Waals surface area contributed by atoms with Gasteiger partial charge in [0.15, 0.2) is 6.61 Å². The van der Waals surface area contributed by atoms with Gasteiger partial charge in [0.25, 0.3) is 0 Å². The normalized spacial score (nSPS) is 10.5. The van der Waals surface area contributed by atoms with Gasteiger partial charge in [-0.3, -0.25) is 0 Å². The minimum absolute atomic E-state index is 0.194. The van der Waals surface area contributed by atoms with Crippen LogP contribution in [0.25, 0.3) is 0 Å². The second kappa shape index (κ2) is 5.87. The minimum atomic E-state index is -0.194. The Morgan fingerprint density at radius 1 is 1.11 bits per heavy atom. The molecule has 0 atom stereocenters. The molecule has 0 N–H and O–H groups in total. The average Bonchev–Trinajstić information content (AvgIpc) is 2.39. The largest absolute Gasteiger partial charge is 0.481 e.